The molecule has 6 heteroatoms. The van der Waals surface area contributed by atoms with Crippen LogP contribution in [0.2, 0.25) is 0 Å². The van der Waals surface area contributed by atoms with Crippen molar-refractivity contribution in [3.63, 3.8) is 0 Å². The SMILES string of the molecule is CCOC(=O)CC(c1ccc(OC)c(F)c1)c1ncc(C)o1. The third-order valence-corrected chi connectivity index (χ3v) is 3.19. The summed E-state index contributed by atoms with van der Waals surface area (Å²) in [5.74, 6) is -0.278. The van der Waals surface area contributed by atoms with Gasteiger partial charge in [-0.15, -0.1) is 0 Å². The zero-order valence-corrected chi connectivity index (χ0v) is 12.8. The Hall–Kier alpha value is -2.37. The Morgan fingerprint density at radius 1 is 1.45 bits per heavy atom. The van der Waals surface area contributed by atoms with E-state index in [9.17, 15) is 9.18 Å². The van der Waals surface area contributed by atoms with Gasteiger partial charge in [-0.05, 0) is 31.5 Å². The molecule has 0 spiro atoms. The number of carbonyl (C=O) groups excluding carboxylic acids is 1. The van der Waals surface area contributed by atoms with E-state index in [0.29, 0.717) is 17.2 Å². The molecule has 1 aromatic carbocycles. The lowest BCUT2D eigenvalue weighted by atomic mass is 9.95. The summed E-state index contributed by atoms with van der Waals surface area (Å²) in [6.45, 7) is 3.77. The highest BCUT2D eigenvalue weighted by Crippen LogP contribution is 2.31. The third kappa shape index (κ3) is 3.63. The van der Waals surface area contributed by atoms with Crippen LogP contribution in [0.15, 0.2) is 28.8 Å². The summed E-state index contributed by atoms with van der Waals surface area (Å²) in [6, 6.07) is 4.52. The zero-order chi connectivity index (χ0) is 16.1. The lowest BCUT2D eigenvalue weighted by Crippen LogP contribution is -2.12. The van der Waals surface area contributed by atoms with E-state index in [2.05, 4.69) is 4.98 Å². The van der Waals surface area contributed by atoms with E-state index < -0.39 is 11.7 Å². The number of nitrogens with zero attached hydrogens (tertiary/aromatic N) is 1. The summed E-state index contributed by atoms with van der Waals surface area (Å²) in [5.41, 5.74) is 0.577. The Balaban J connectivity index is 2.35. The number of esters is 1. The summed E-state index contributed by atoms with van der Waals surface area (Å²) in [6.07, 6.45) is 1.59. The lowest BCUT2D eigenvalue weighted by molar-refractivity contribution is -0.143. The van der Waals surface area contributed by atoms with Crippen LogP contribution in [0.1, 0.15) is 36.5 Å². The molecular weight excluding hydrogens is 289 g/mol. The number of carbonyl (C=O) groups is 1. The predicted octanol–water partition coefficient (Wildman–Crippen LogP) is 3.22. The maximum Gasteiger partial charge on any atom is 0.306 e. The van der Waals surface area contributed by atoms with Gasteiger partial charge < -0.3 is 13.9 Å². The minimum Gasteiger partial charge on any atom is -0.494 e. The number of halogens is 1. The number of methoxy groups -OCH3 is 1. The van der Waals surface area contributed by atoms with Crippen molar-refractivity contribution in [1.29, 1.82) is 0 Å². The van der Waals surface area contributed by atoms with Crippen LogP contribution in [0.4, 0.5) is 4.39 Å². The van der Waals surface area contributed by atoms with E-state index in [1.165, 1.54) is 19.2 Å². The van der Waals surface area contributed by atoms with Crippen LogP contribution >= 0.6 is 0 Å². The molecule has 0 bridgehead atoms. The molecule has 1 atom stereocenters. The highest BCUT2D eigenvalue weighted by molar-refractivity contribution is 5.71. The highest BCUT2D eigenvalue weighted by atomic mass is 19.1. The van der Waals surface area contributed by atoms with Crippen LogP contribution in [-0.4, -0.2) is 24.7 Å². The van der Waals surface area contributed by atoms with Crippen LogP contribution in [0.25, 0.3) is 0 Å². The van der Waals surface area contributed by atoms with Crippen molar-refractivity contribution in [2.45, 2.75) is 26.2 Å². The molecule has 0 saturated heterocycles. The molecule has 0 saturated carbocycles. The Kier molecular flexibility index (Phi) is 5.14. The first-order valence-electron chi connectivity index (χ1n) is 6.96. The van der Waals surface area contributed by atoms with Gasteiger partial charge in [-0.1, -0.05) is 6.07 Å². The van der Waals surface area contributed by atoms with E-state index in [4.69, 9.17) is 13.9 Å². The number of benzene rings is 1. The quantitative estimate of drug-likeness (QED) is 0.767. The van der Waals surface area contributed by atoms with Gasteiger partial charge in [0.25, 0.3) is 0 Å². The second-order valence-corrected chi connectivity index (χ2v) is 4.76. The number of oxazole rings is 1. The molecule has 1 aromatic heterocycles. The fourth-order valence-electron chi connectivity index (χ4n) is 2.17. The monoisotopic (exact) mass is 307 g/mol. The van der Waals surface area contributed by atoms with Gasteiger partial charge in [-0.3, -0.25) is 4.79 Å². The molecule has 0 N–H and O–H groups in total. The van der Waals surface area contributed by atoms with Crippen LogP contribution in [0, 0.1) is 12.7 Å². The standard InChI is InChI=1S/C16H18FNO4/c1-4-21-15(19)8-12(16-18-9-10(2)22-16)11-5-6-14(20-3)13(17)7-11/h5-7,9,12H,4,8H2,1-3H3. The van der Waals surface area contributed by atoms with Crippen molar-refractivity contribution in [2.24, 2.45) is 0 Å². The highest BCUT2D eigenvalue weighted by Gasteiger charge is 2.24. The Morgan fingerprint density at radius 2 is 2.23 bits per heavy atom. The molecule has 0 radical (unpaired) electrons. The van der Waals surface area contributed by atoms with Gasteiger partial charge in [0.05, 0.1) is 32.3 Å². The van der Waals surface area contributed by atoms with Crippen molar-refractivity contribution >= 4 is 5.97 Å². The van der Waals surface area contributed by atoms with Gasteiger partial charge in [0.15, 0.2) is 11.6 Å². The summed E-state index contributed by atoms with van der Waals surface area (Å²) < 4.78 is 29.3. The van der Waals surface area contributed by atoms with Crippen LogP contribution in [0.5, 0.6) is 5.75 Å². The molecule has 2 rings (SSSR count). The largest absolute Gasteiger partial charge is 0.494 e. The second-order valence-electron chi connectivity index (χ2n) is 4.76. The van der Waals surface area contributed by atoms with Gasteiger partial charge in [0.2, 0.25) is 5.89 Å². The Labute approximate surface area is 128 Å². The molecule has 0 aliphatic heterocycles. The smallest absolute Gasteiger partial charge is 0.306 e. The van der Waals surface area contributed by atoms with Gasteiger partial charge in [-0.25, -0.2) is 9.37 Å². The predicted molar refractivity (Wildman–Crippen MR) is 77.3 cm³/mol. The van der Waals surface area contributed by atoms with E-state index in [1.807, 2.05) is 0 Å². The molecule has 0 aliphatic carbocycles. The maximum absolute atomic E-state index is 13.9. The number of aryl methyl sites for hydroxylation is 1. The number of ether oxygens (including phenoxy) is 2. The summed E-state index contributed by atoms with van der Waals surface area (Å²) >= 11 is 0. The maximum atomic E-state index is 13.9. The molecule has 1 unspecified atom stereocenters. The number of hydrogen-bond acceptors (Lipinski definition) is 5. The summed E-state index contributed by atoms with van der Waals surface area (Å²) in [7, 11) is 1.39. The van der Waals surface area contributed by atoms with Gasteiger partial charge in [0, 0.05) is 0 Å². The van der Waals surface area contributed by atoms with Crippen LogP contribution in [0.3, 0.4) is 0 Å². The van der Waals surface area contributed by atoms with Gasteiger partial charge >= 0.3 is 5.97 Å². The van der Waals surface area contributed by atoms with Gasteiger partial charge in [-0.2, -0.15) is 0 Å². The molecule has 5 nitrogen and oxygen atoms in total. The minimum atomic E-state index is -0.506. The van der Waals surface area contributed by atoms with Crippen molar-refractivity contribution in [3.8, 4) is 5.75 Å². The normalized spacial score (nSPS) is 12.0. The molecular formula is C16H18FNO4. The van der Waals surface area contributed by atoms with Crippen molar-refractivity contribution in [2.75, 3.05) is 13.7 Å². The Bertz CT molecular complexity index is 653. The van der Waals surface area contributed by atoms with Crippen LogP contribution < -0.4 is 4.74 Å². The fourth-order valence-corrected chi connectivity index (χ4v) is 2.17. The van der Waals surface area contributed by atoms with E-state index in [-0.39, 0.29) is 24.7 Å². The summed E-state index contributed by atoms with van der Waals surface area (Å²) in [4.78, 5) is 16.0. The van der Waals surface area contributed by atoms with Gasteiger partial charge in [0.1, 0.15) is 5.76 Å². The van der Waals surface area contributed by atoms with Crippen molar-refractivity contribution < 1.29 is 23.1 Å². The first-order chi connectivity index (χ1) is 10.5. The molecule has 0 fully saturated rings. The fraction of sp³-hybridized carbons (Fsp3) is 0.375. The number of aromatic nitrogens is 1. The lowest BCUT2D eigenvalue weighted by Gasteiger charge is -2.14. The minimum absolute atomic E-state index is 0.0273. The molecule has 0 aliphatic rings. The van der Waals surface area contributed by atoms with Crippen LogP contribution in [-0.2, 0) is 9.53 Å². The third-order valence-electron chi connectivity index (χ3n) is 3.19. The number of rotatable bonds is 6. The van der Waals surface area contributed by atoms with E-state index in [1.54, 1.807) is 26.1 Å². The van der Waals surface area contributed by atoms with Crippen molar-refractivity contribution in [1.82, 2.24) is 4.98 Å². The second kappa shape index (κ2) is 7.06. The van der Waals surface area contributed by atoms with Crippen molar-refractivity contribution in [3.05, 3.63) is 47.4 Å². The molecule has 118 valence electrons. The average molecular weight is 307 g/mol. The summed E-state index contributed by atoms with van der Waals surface area (Å²) in [5, 5.41) is 0. The van der Waals surface area contributed by atoms with E-state index in [0.717, 1.165) is 0 Å². The molecule has 22 heavy (non-hydrogen) atoms. The first kappa shape index (κ1) is 16.0. The topological polar surface area (TPSA) is 61.6 Å². The molecule has 2 aromatic rings. The molecule has 1 heterocycles. The first-order valence-corrected chi connectivity index (χ1v) is 6.96. The number of hydrogen-bond donors (Lipinski definition) is 0. The van der Waals surface area contributed by atoms with E-state index >= 15 is 0 Å². The Morgan fingerprint density at radius 3 is 2.77 bits per heavy atom. The molecule has 0 amide bonds. The average Bonchev–Trinajstić information content (AvgIpc) is 2.91. The zero-order valence-electron chi connectivity index (χ0n) is 12.8.